The maximum absolute atomic E-state index is 11.2. The van der Waals surface area contributed by atoms with Gasteiger partial charge in [-0.1, -0.05) is 13.8 Å². The van der Waals surface area contributed by atoms with Gasteiger partial charge in [0.2, 0.25) is 5.91 Å². The molecule has 1 unspecified atom stereocenters. The number of nitrogens with one attached hydrogen (secondary N) is 1. The van der Waals surface area contributed by atoms with Crippen LogP contribution in [0.3, 0.4) is 0 Å². The molecular formula is C9H17NO4. The quantitative estimate of drug-likeness (QED) is 0.648. The van der Waals surface area contributed by atoms with Crippen molar-refractivity contribution in [2.45, 2.75) is 26.3 Å². The SMILES string of the molecule is COCC(NC(=O)CC(C)C)C(=O)O. The molecule has 0 bridgehead atoms. The predicted octanol–water partition coefficient (Wildman–Crippen LogP) is 0.248. The summed E-state index contributed by atoms with van der Waals surface area (Å²) in [5, 5.41) is 11.1. The Morgan fingerprint density at radius 1 is 1.43 bits per heavy atom. The van der Waals surface area contributed by atoms with Crippen molar-refractivity contribution in [3.63, 3.8) is 0 Å². The minimum atomic E-state index is -1.08. The molecular weight excluding hydrogens is 186 g/mol. The van der Waals surface area contributed by atoms with Crippen molar-refractivity contribution in [1.82, 2.24) is 5.32 Å². The molecule has 0 aromatic carbocycles. The van der Waals surface area contributed by atoms with Gasteiger partial charge in [-0.05, 0) is 5.92 Å². The third-order valence-corrected chi connectivity index (χ3v) is 1.56. The van der Waals surface area contributed by atoms with Crippen molar-refractivity contribution < 1.29 is 19.4 Å². The monoisotopic (exact) mass is 203 g/mol. The number of amides is 1. The molecule has 0 aromatic rings. The number of hydrogen-bond donors (Lipinski definition) is 2. The lowest BCUT2D eigenvalue weighted by Gasteiger charge is -2.14. The Morgan fingerprint density at radius 3 is 2.36 bits per heavy atom. The highest BCUT2D eigenvalue weighted by atomic mass is 16.5. The molecule has 0 radical (unpaired) electrons. The minimum absolute atomic E-state index is 0.0147. The van der Waals surface area contributed by atoms with E-state index < -0.39 is 12.0 Å². The van der Waals surface area contributed by atoms with Gasteiger partial charge in [0.1, 0.15) is 0 Å². The van der Waals surface area contributed by atoms with E-state index in [9.17, 15) is 9.59 Å². The first kappa shape index (κ1) is 12.9. The average molecular weight is 203 g/mol. The number of carboxylic acid groups (broad SMARTS) is 1. The molecule has 1 amide bonds. The topological polar surface area (TPSA) is 75.6 Å². The van der Waals surface area contributed by atoms with E-state index in [-0.39, 0.29) is 18.4 Å². The highest BCUT2D eigenvalue weighted by Crippen LogP contribution is 1.99. The van der Waals surface area contributed by atoms with Gasteiger partial charge in [0.25, 0.3) is 0 Å². The van der Waals surface area contributed by atoms with Crippen molar-refractivity contribution >= 4 is 11.9 Å². The van der Waals surface area contributed by atoms with Crippen LogP contribution >= 0.6 is 0 Å². The van der Waals surface area contributed by atoms with E-state index in [1.54, 1.807) is 0 Å². The van der Waals surface area contributed by atoms with Crippen molar-refractivity contribution in [1.29, 1.82) is 0 Å². The molecule has 0 aliphatic heterocycles. The smallest absolute Gasteiger partial charge is 0.328 e. The molecule has 1 atom stereocenters. The van der Waals surface area contributed by atoms with E-state index in [4.69, 9.17) is 5.11 Å². The maximum atomic E-state index is 11.2. The largest absolute Gasteiger partial charge is 0.480 e. The fourth-order valence-corrected chi connectivity index (χ4v) is 0.965. The van der Waals surface area contributed by atoms with Gasteiger partial charge in [0, 0.05) is 13.5 Å². The summed E-state index contributed by atoms with van der Waals surface area (Å²) < 4.78 is 4.68. The van der Waals surface area contributed by atoms with Crippen LogP contribution in [0.25, 0.3) is 0 Å². The van der Waals surface area contributed by atoms with E-state index in [2.05, 4.69) is 10.1 Å². The Labute approximate surface area is 83.4 Å². The number of hydrogen-bond acceptors (Lipinski definition) is 3. The highest BCUT2D eigenvalue weighted by molar-refractivity contribution is 5.83. The number of carboxylic acids is 1. The summed E-state index contributed by atoms with van der Waals surface area (Å²) in [4.78, 5) is 21.8. The van der Waals surface area contributed by atoms with Crippen LogP contribution in [0.4, 0.5) is 0 Å². The Kier molecular flexibility index (Phi) is 5.87. The molecule has 0 saturated carbocycles. The van der Waals surface area contributed by atoms with Crippen LogP contribution in [0.1, 0.15) is 20.3 Å². The highest BCUT2D eigenvalue weighted by Gasteiger charge is 2.19. The standard InChI is InChI=1S/C9H17NO4/c1-6(2)4-8(11)10-7(5-14-3)9(12)13/h6-7H,4-5H2,1-3H3,(H,10,11)(H,12,13). The van der Waals surface area contributed by atoms with Crippen LogP contribution in [0.5, 0.6) is 0 Å². The van der Waals surface area contributed by atoms with E-state index in [1.165, 1.54) is 7.11 Å². The number of ether oxygens (including phenoxy) is 1. The molecule has 14 heavy (non-hydrogen) atoms. The number of aliphatic carboxylic acids is 1. The normalized spacial score (nSPS) is 12.6. The summed E-state index contributed by atoms with van der Waals surface area (Å²) in [5.41, 5.74) is 0. The molecule has 0 aliphatic carbocycles. The lowest BCUT2D eigenvalue weighted by Crippen LogP contribution is -2.44. The van der Waals surface area contributed by atoms with E-state index in [0.29, 0.717) is 6.42 Å². The molecule has 0 aliphatic rings. The molecule has 5 nitrogen and oxygen atoms in total. The fourth-order valence-electron chi connectivity index (χ4n) is 0.965. The maximum Gasteiger partial charge on any atom is 0.328 e. The Hall–Kier alpha value is -1.10. The number of carbonyl (C=O) groups excluding carboxylic acids is 1. The van der Waals surface area contributed by atoms with Crippen LogP contribution in [0.2, 0.25) is 0 Å². The Morgan fingerprint density at radius 2 is 2.00 bits per heavy atom. The van der Waals surface area contributed by atoms with Gasteiger partial charge >= 0.3 is 5.97 Å². The molecule has 0 fully saturated rings. The number of carbonyl (C=O) groups is 2. The predicted molar refractivity (Wildman–Crippen MR) is 50.9 cm³/mol. The first-order chi connectivity index (χ1) is 6.47. The van der Waals surface area contributed by atoms with Gasteiger partial charge in [-0.15, -0.1) is 0 Å². The lowest BCUT2D eigenvalue weighted by molar-refractivity contribution is -0.143. The third-order valence-electron chi connectivity index (χ3n) is 1.56. The molecule has 2 N–H and O–H groups in total. The summed E-state index contributed by atoms with van der Waals surface area (Å²) in [5.74, 6) is -1.12. The van der Waals surface area contributed by atoms with Crippen LogP contribution in [-0.4, -0.2) is 36.7 Å². The summed E-state index contributed by atoms with van der Waals surface area (Å²) in [6.07, 6.45) is 0.327. The summed E-state index contributed by atoms with van der Waals surface area (Å²) >= 11 is 0. The van der Waals surface area contributed by atoms with Gasteiger partial charge in [-0.2, -0.15) is 0 Å². The van der Waals surface area contributed by atoms with Gasteiger partial charge in [-0.25, -0.2) is 4.79 Å². The zero-order valence-electron chi connectivity index (χ0n) is 8.74. The Balaban J connectivity index is 4.02. The second-order valence-electron chi connectivity index (χ2n) is 3.51. The molecule has 0 rings (SSSR count). The van der Waals surface area contributed by atoms with E-state index in [0.717, 1.165) is 0 Å². The van der Waals surface area contributed by atoms with Gasteiger partial charge < -0.3 is 15.2 Å². The lowest BCUT2D eigenvalue weighted by atomic mass is 10.1. The van der Waals surface area contributed by atoms with Crippen molar-refractivity contribution in [2.75, 3.05) is 13.7 Å². The van der Waals surface area contributed by atoms with Gasteiger partial charge in [0.15, 0.2) is 6.04 Å². The van der Waals surface area contributed by atoms with Crippen LogP contribution in [-0.2, 0) is 14.3 Å². The molecule has 0 aromatic heterocycles. The Bertz CT molecular complexity index is 203. The number of rotatable bonds is 6. The van der Waals surface area contributed by atoms with Crippen molar-refractivity contribution in [2.24, 2.45) is 5.92 Å². The van der Waals surface area contributed by atoms with Crippen LogP contribution in [0, 0.1) is 5.92 Å². The van der Waals surface area contributed by atoms with Crippen molar-refractivity contribution in [3.05, 3.63) is 0 Å². The second kappa shape index (κ2) is 6.37. The molecule has 0 spiro atoms. The molecule has 0 saturated heterocycles. The molecule has 0 heterocycles. The first-order valence-corrected chi connectivity index (χ1v) is 4.48. The summed E-state index contributed by atoms with van der Waals surface area (Å²) in [6, 6.07) is -0.953. The fraction of sp³-hybridized carbons (Fsp3) is 0.778. The van der Waals surface area contributed by atoms with E-state index in [1.807, 2.05) is 13.8 Å². The summed E-state index contributed by atoms with van der Waals surface area (Å²) in [6.45, 7) is 3.77. The first-order valence-electron chi connectivity index (χ1n) is 4.48. The zero-order valence-corrected chi connectivity index (χ0v) is 8.74. The van der Waals surface area contributed by atoms with Crippen molar-refractivity contribution in [3.8, 4) is 0 Å². The average Bonchev–Trinajstić information content (AvgIpc) is 2.01. The van der Waals surface area contributed by atoms with Crippen LogP contribution < -0.4 is 5.32 Å². The zero-order chi connectivity index (χ0) is 11.1. The van der Waals surface area contributed by atoms with Gasteiger partial charge in [-0.3, -0.25) is 4.79 Å². The van der Waals surface area contributed by atoms with Gasteiger partial charge in [0.05, 0.1) is 6.61 Å². The minimum Gasteiger partial charge on any atom is -0.480 e. The van der Waals surface area contributed by atoms with E-state index >= 15 is 0 Å². The number of methoxy groups -OCH3 is 1. The summed E-state index contributed by atoms with van der Waals surface area (Å²) in [7, 11) is 1.39. The third kappa shape index (κ3) is 5.53. The molecule has 82 valence electrons. The molecule has 5 heteroatoms. The van der Waals surface area contributed by atoms with Crippen LogP contribution in [0.15, 0.2) is 0 Å². The second-order valence-corrected chi connectivity index (χ2v) is 3.51.